The highest BCUT2D eigenvalue weighted by molar-refractivity contribution is 5.69. The molecule has 94 valence electrons. The molecule has 0 aliphatic heterocycles. The zero-order valence-corrected chi connectivity index (χ0v) is 9.95. The highest BCUT2D eigenvalue weighted by Crippen LogP contribution is 2.23. The van der Waals surface area contributed by atoms with Crippen molar-refractivity contribution in [2.45, 2.75) is 0 Å². The fourth-order valence-electron chi connectivity index (χ4n) is 1.68. The largest absolute Gasteiger partial charge is 0.461 e. The van der Waals surface area contributed by atoms with Crippen LogP contribution in [0.15, 0.2) is 47.3 Å². The fraction of sp³-hybridized carbons (Fsp3) is 0. The average Bonchev–Trinajstić information content (AvgIpc) is 2.96. The molecule has 0 saturated carbocycles. The second-order valence-electron chi connectivity index (χ2n) is 3.94. The predicted molar refractivity (Wildman–Crippen MR) is 71.8 cm³/mol. The number of rotatable bonds is 2. The Morgan fingerprint density at radius 1 is 1.11 bits per heavy atom. The first-order valence-electron chi connectivity index (χ1n) is 5.62. The third-order valence-corrected chi connectivity index (χ3v) is 2.64. The Labute approximate surface area is 109 Å². The first-order chi connectivity index (χ1) is 9.24. The van der Waals surface area contributed by atoms with Crippen molar-refractivity contribution in [2.75, 3.05) is 11.5 Å². The molecule has 6 heteroatoms. The summed E-state index contributed by atoms with van der Waals surface area (Å²) in [5.74, 6) is 1.43. The molecule has 0 unspecified atom stereocenters. The minimum absolute atomic E-state index is 0.309. The van der Waals surface area contributed by atoms with Crippen LogP contribution in [0.5, 0.6) is 0 Å². The Kier molecular flexibility index (Phi) is 2.60. The van der Waals surface area contributed by atoms with Crippen LogP contribution >= 0.6 is 0 Å². The van der Waals surface area contributed by atoms with Crippen molar-refractivity contribution < 1.29 is 4.42 Å². The first-order valence-corrected chi connectivity index (χ1v) is 5.62. The Balaban J connectivity index is 2.06. The second kappa shape index (κ2) is 4.41. The van der Waals surface area contributed by atoms with Crippen molar-refractivity contribution in [1.82, 2.24) is 15.0 Å². The second-order valence-corrected chi connectivity index (χ2v) is 3.94. The molecule has 6 nitrogen and oxygen atoms in total. The molecule has 0 bridgehead atoms. The van der Waals surface area contributed by atoms with Crippen molar-refractivity contribution >= 4 is 11.5 Å². The molecule has 3 heterocycles. The number of nitrogens with zero attached hydrogens (tertiary/aromatic N) is 3. The standard InChI is InChI=1S/C13H11N5O/c14-9-6-8(7-17-12(9)15)10-3-4-16-13(18-10)11-2-1-5-19-11/h1-7H,14H2,(H2,15,17). The van der Waals surface area contributed by atoms with E-state index in [9.17, 15) is 0 Å². The third kappa shape index (κ3) is 2.11. The third-order valence-electron chi connectivity index (χ3n) is 2.64. The van der Waals surface area contributed by atoms with Crippen LogP contribution in [0.3, 0.4) is 0 Å². The van der Waals surface area contributed by atoms with Gasteiger partial charge in [-0.05, 0) is 24.3 Å². The van der Waals surface area contributed by atoms with E-state index in [1.165, 1.54) is 0 Å². The van der Waals surface area contributed by atoms with Crippen LogP contribution in [0.25, 0.3) is 22.8 Å². The monoisotopic (exact) mass is 253 g/mol. The minimum Gasteiger partial charge on any atom is -0.461 e. The Bertz CT molecular complexity index is 709. The van der Waals surface area contributed by atoms with Crippen LogP contribution in [0, 0.1) is 0 Å². The van der Waals surface area contributed by atoms with Gasteiger partial charge in [0.25, 0.3) is 0 Å². The molecule has 3 aromatic heterocycles. The Morgan fingerprint density at radius 3 is 2.74 bits per heavy atom. The van der Waals surface area contributed by atoms with E-state index >= 15 is 0 Å². The summed E-state index contributed by atoms with van der Waals surface area (Å²) in [6.45, 7) is 0. The lowest BCUT2D eigenvalue weighted by Crippen LogP contribution is -1.98. The number of aromatic nitrogens is 3. The van der Waals surface area contributed by atoms with Crippen molar-refractivity contribution in [3.8, 4) is 22.8 Å². The van der Waals surface area contributed by atoms with E-state index in [1.807, 2.05) is 0 Å². The summed E-state index contributed by atoms with van der Waals surface area (Å²) in [5.41, 5.74) is 13.2. The maximum absolute atomic E-state index is 5.74. The lowest BCUT2D eigenvalue weighted by molar-refractivity contribution is 0.577. The molecular weight excluding hydrogens is 242 g/mol. The van der Waals surface area contributed by atoms with Crippen LogP contribution < -0.4 is 11.5 Å². The summed E-state index contributed by atoms with van der Waals surface area (Å²) >= 11 is 0. The molecule has 0 saturated heterocycles. The van der Waals surface area contributed by atoms with Gasteiger partial charge in [0.15, 0.2) is 11.6 Å². The maximum atomic E-state index is 5.74. The van der Waals surface area contributed by atoms with Gasteiger partial charge in [0, 0.05) is 18.0 Å². The number of pyridine rings is 1. The quantitative estimate of drug-likeness (QED) is 0.723. The molecule has 0 atom stereocenters. The van der Waals surface area contributed by atoms with Crippen LogP contribution in [0.4, 0.5) is 11.5 Å². The lowest BCUT2D eigenvalue weighted by atomic mass is 10.2. The van der Waals surface area contributed by atoms with Gasteiger partial charge in [0.1, 0.15) is 5.82 Å². The minimum atomic E-state index is 0.309. The number of furan rings is 1. The SMILES string of the molecule is Nc1cc(-c2ccnc(-c3ccco3)n2)cnc1N. The van der Waals surface area contributed by atoms with E-state index in [-0.39, 0.29) is 0 Å². The molecule has 0 aliphatic rings. The van der Waals surface area contributed by atoms with E-state index < -0.39 is 0 Å². The molecule has 3 aromatic rings. The van der Waals surface area contributed by atoms with Crippen molar-refractivity contribution in [3.63, 3.8) is 0 Å². The van der Waals surface area contributed by atoms with Gasteiger partial charge in [0.05, 0.1) is 17.6 Å². The van der Waals surface area contributed by atoms with Crippen molar-refractivity contribution in [1.29, 1.82) is 0 Å². The molecule has 0 spiro atoms. The first kappa shape index (κ1) is 11.2. The van der Waals surface area contributed by atoms with Crippen molar-refractivity contribution in [3.05, 3.63) is 42.9 Å². The molecular formula is C13H11N5O. The van der Waals surface area contributed by atoms with Gasteiger partial charge in [-0.25, -0.2) is 15.0 Å². The van der Waals surface area contributed by atoms with Crippen LogP contribution in [0.1, 0.15) is 0 Å². The predicted octanol–water partition coefficient (Wildman–Crippen LogP) is 1.96. The van der Waals surface area contributed by atoms with Gasteiger partial charge < -0.3 is 15.9 Å². The van der Waals surface area contributed by atoms with E-state index in [0.717, 1.165) is 5.56 Å². The summed E-state index contributed by atoms with van der Waals surface area (Å²) in [7, 11) is 0. The molecule has 0 aromatic carbocycles. The maximum Gasteiger partial charge on any atom is 0.196 e. The lowest BCUT2D eigenvalue weighted by Gasteiger charge is -2.04. The van der Waals surface area contributed by atoms with Crippen molar-refractivity contribution in [2.24, 2.45) is 0 Å². The molecule has 0 aliphatic carbocycles. The van der Waals surface area contributed by atoms with Crippen LogP contribution in [-0.2, 0) is 0 Å². The molecule has 19 heavy (non-hydrogen) atoms. The average molecular weight is 253 g/mol. The summed E-state index contributed by atoms with van der Waals surface area (Å²) in [6, 6.07) is 7.10. The molecule has 4 N–H and O–H groups in total. The van der Waals surface area contributed by atoms with E-state index in [4.69, 9.17) is 15.9 Å². The van der Waals surface area contributed by atoms with Crippen LogP contribution in [0.2, 0.25) is 0 Å². The fourth-order valence-corrected chi connectivity index (χ4v) is 1.68. The molecule has 0 amide bonds. The molecule has 3 rings (SSSR count). The summed E-state index contributed by atoms with van der Waals surface area (Å²) in [6.07, 6.45) is 4.86. The number of hydrogen-bond donors (Lipinski definition) is 2. The molecule has 0 fully saturated rings. The summed E-state index contributed by atoms with van der Waals surface area (Å²) < 4.78 is 5.27. The zero-order chi connectivity index (χ0) is 13.2. The highest BCUT2D eigenvalue weighted by Gasteiger charge is 2.08. The number of hydrogen-bond acceptors (Lipinski definition) is 6. The van der Waals surface area contributed by atoms with Gasteiger partial charge in [-0.1, -0.05) is 0 Å². The number of nitrogen functional groups attached to an aromatic ring is 2. The van der Waals surface area contributed by atoms with E-state index in [1.54, 1.807) is 42.9 Å². The van der Waals surface area contributed by atoms with Crippen LogP contribution in [-0.4, -0.2) is 15.0 Å². The van der Waals surface area contributed by atoms with E-state index in [0.29, 0.717) is 28.8 Å². The highest BCUT2D eigenvalue weighted by atomic mass is 16.3. The smallest absolute Gasteiger partial charge is 0.196 e. The Morgan fingerprint density at radius 2 is 2.00 bits per heavy atom. The zero-order valence-electron chi connectivity index (χ0n) is 9.95. The topological polar surface area (TPSA) is 104 Å². The van der Waals surface area contributed by atoms with Gasteiger partial charge >= 0.3 is 0 Å². The number of nitrogens with two attached hydrogens (primary N) is 2. The van der Waals surface area contributed by atoms with Gasteiger partial charge in [-0.2, -0.15) is 0 Å². The van der Waals surface area contributed by atoms with Gasteiger partial charge in [0.2, 0.25) is 0 Å². The van der Waals surface area contributed by atoms with Gasteiger partial charge in [-0.15, -0.1) is 0 Å². The number of anilines is 2. The molecule has 0 radical (unpaired) electrons. The van der Waals surface area contributed by atoms with Gasteiger partial charge in [-0.3, -0.25) is 0 Å². The normalized spacial score (nSPS) is 10.5. The summed E-state index contributed by atoms with van der Waals surface area (Å²) in [5, 5.41) is 0. The summed E-state index contributed by atoms with van der Waals surface area (Å²) in [4.78, 5) is 12.6. The Hall–Kier alpha value is -2.89. The van der Waals surface area contributed by atoms with E-state index in [2.05, 4.69) is 15.0 Å².